The molecule has 0 bridgehead atoms. The van der Waals surface area contributed by atoms with E-state index < -0.39 is 0 Å². The summed E-state index contributed by atoms with van der Waals surface area (Å²) in [6, 6.07) is 25.4. The van der Waals surface area contributed by atoms with Crippen LogP contribution in [0, 0.1) is 0 Å². The van der Waals surface area contributed by atoms with Crippen LogP contribution in [0.4, 0.5) is 11.4 Å². The summed E-state index contributed by atoms with van der Waals surface area (Å²) >= 11 is 0. The number of anilines is 2. The molecule has 47 heavy (non-hydrogen) atoms. The van der Waals surface area contributed by atoms with Crippen LogP contribution in [0.2, 0.25) is 0 Å². The summed E-state index contributed by atoms with van der Waals surface area (Å²) in [5, 5.41) is 0. The van der Waals surface area contributed by atoms with Gasteiger partial charge < -0.3 is 9.80 Å². The van der Waals surface area contributed by atoms with Gasteiger partial charge in [0, 0.05) is 34.2 Å². The Morgan fingerprint density at radius 2 is 0.894 bits per heavy atom. The predicted molar refractivity (Wildman–Crippen MR) is 212 cm³/mol. The highest BCUT2D eigenvalue weighted by Gasteiger charge is 2.12. The fourth-order valence-corrected chi connectivity index (χ4v) is 4.97. The van der Waals surface area contributed by atoms with Gasteiger partial charge >= 0.3 is 0 Å². The number of hydrogen-bond acceptors (Lipinski definition) is 2. The number of allylic oxidation sites excluding steroid dienone is 12. The topological polar surface area (TPSA) is 6.48 Å². The summed E-state index contributed by atoms with van der Waals surface area (Å²) in [5.41, 5.74) is 10.4. The molecule has 3 aromatic carbocycles. The molecule has 0 saturated heterocycles. The van der Waals surface area contributed by atoms with Gasteiger partial charge in [-0.05, 0) is 104 Å². The normalized spacial score (nSPS) is 12.6. The van der Waals surface area contributed by atoms with Crippen molar-refractivity contribution >= 4 is 35.7 Å². The van der Waals surface area contributed by atoms with E-state index in [1.54, 1.807) is 18.2 Å². The largest absolute Gasteiger partial charge is 0.315 e. The van der Waals surface area contributed by atoms with E-state index in [0.717, 1.165) is 56.4 Å². The molecule has 0 aliphatic rings. The molecular weight excluding hydrogens is 569 g/mol. The molecule has 2 heteroatoms. The second kappa shape index (κ2) is 18.8. The van der Waals surface area contributed by atoms with Crippen LogP contribution in [0.1, 0.15) is 43.0 Å². The molecule has 0 heterocycles. The molecule has 0 unspecified atom stereocenters. The monoisotopic (exact) mass is 614 g/mol. The zero-order valence-electron chi connectivity index (χ0n) is 28.0. The van der Waals surface area contributed by atoms with Gasteiger partial charge in [0.15, 0.2) is 0 Å². The first-order valence-electron chi connectivity index (χ1n) is 15.7. The molecule has 3 aromatic rings. The van der Waals surface area contributed by atoms with Crippen molar-refractivity contribution in [2.45, 2.75) is 20.8 Å². The Bertz CT molecular complexity index is 1750. The minimum absolute atomic E-state index is 0.851. The quantitative estimate of drug-likeness (QED) is 0.117. The molecule has 236 valence electrons. The van der Waals surface area contributed by atoms with Gasteiger partial charge in [-0.2, -0.15) is 0 Å². The van der Waals surface area contributed by atoms with Crippen molar-refractivity contribution < 1.29 is 0 Å². The molecule has 0 N–H and O–H groups in total. The third-order valence-electron chi connectivity index (χ3n) is 7.17. The summed E-state index contributed by atoms with van der Waals surface area (Å²) in [4.78, 5) is 4.25. The maximum absolute atomic E-state index is 4.23. The molecule has 0 spiro atoms. The van der Waals surface area contributed by atoms with Crippen molar-refractivity contribution in [2.24, 2.45) is 0 Å². The Hall–Kier alpha value is -5.86. The first kappa shape index (κ1) is 35.6. The van der Waals surface area contributed by atoms with Gasteiger partial charge in [-0.25, -0.2) is 0 Å². The van der Waals surface area contributed by atoms with Crippen molar-refractivity contribution in [1.82, 2.24) is 0 Å². The van der Waals surface area contributed by atoms with E-state index in [-0.39, 0.29) is 0 Å². The Labute approximate surface area is 283 Å². The van der Waals surface area contributed by atoms with Gasteiger partial charge in [0.1, 0.15) is 0 Å². The van der Waals surface area contributed by atoms with E-state index in [1.807, 2.05) is 56.4 Å². The summed E-state index contributed by atoms with van der Waals surface area (Å²) < 4.78 is 0. The fourth-order valence-electron chi connectivity index (χ4n) is 4.97. The van der Waals surface area contributed by atoms with E-state index in [4.69, 9.17) is 0 Å². The van der Waals surface area contributed by atoms with Crippen LogP contribution in [-0.2, 0) is 0 Å². The molecule has 0 aliphatic carbocycles. The van der Waals surface area contributed by atoms with Gasteiger partial charge in [-0.15, -0.1) is 0 Å². The lowest BCUT2D eigenvalue weighted by Gasteiger charge is -2.27. The zero-order valence-corrected chi connectivity index (χ0v) is 28.0. The Morgan fingerprint density at radius 3 is 1.28 bits per heavy atom. The average molecular weight is 615 g/mol. The fraction of sp³-hybridized carbons (Fsp3) is 0.0667. The second-order valence-electron chi connectivity index (χ2n) is 10.6. The Kier molecular flexibility index (Phi) is 14.3. The van der Waals surface area contributed by atoms with Crippen LogP contribution in [0.3, 0.4) is 0 Å². The van der Waals surface area contributed by atoms with Crippen LogP contribution in [0.5, 0.6) is 0 Å². The Balaban J connectivity index is 1.73. The minimum atomic E-state index is 0.851. The van der Waals surface area contributed by atoms with Crippen molar-refractivity contribution in [2.75, 3.05) is 9.80 Å². The highest BCUT2D eigenvalue weighted by Crippen LogP contribution is 2.28. The van der Waals surface area contributed by atoms with Crippen LogP contribution < -0.4 is 9.80 Å². The van der Waals surface area contributed by atoms with Crippen molar-refractivity contribution in [3.05, 3.63) is 218 Å². The first-order chi connectivity index (χ1) is 22.9. The third kappa shape index (κ3) is 10.3. The lowest BCUT2D eigenvalue weighted by atomic mass is 10.1. The molecule has 0 aliphatic heterocycles. The lowest BCUT2D eigenvalue weighted by molar-refractivity contribution is 1.10. The van der Waals surface area contributed by atoms with Gasteiger partial charge in [0.2, 0.25) is 0 Å². The third-order valence-corrected chi connectivity index (χ3v) is 7.17. The van der Waals surface area contributed by atoms with Crippen molar-refractivity contribution in [1.29, 1.82) is 0 Å². The molecule has 3 rings (SSSR count). The van der Waals surface area contributed by atoms with Gasteiger partial charge in [-0.3, -0.25) is 0 Å². The van der Waals surface area contributed by atoms with E-state index in [0.29, 0.717) is 0 Å². The van der Waals surface area contributed by atoms with Crippen LogP contribution in [0.15, 0.2) is 195 Å². The minimum Gasteiger partial charge on any atom is -0.315 e. The zero-order chi connectivity index (χ0) is 34.0. The second-order valence-corrected chi connectivity index (χ2v) is 10.6. The summed E-state index contributed by atoms with van der Waals surface area (Å²) in [5.74, 6) is 0. The van der Waals surface area contributed by atoms with Crippen LogP contribution in [0.25, 0.3) is 24.3 Å². The highest BCUT2D eigenvalue weighted by molar-refractivity contribution is 5.75. The maximum atomic E-state index is 4.23. The molecular formula is C45H46N2. The Morgan fingerprint density at radius 1 is 0.511 bits per heavy atom. The molecule has 2 nitrogen and oxygen atoms in total. The number of nitrogens with zero attached hydrogens (tertiary/aromatic N) is 2. The smallest absolute Gasteiger partial charge is 0.0461 e. The standard InChI is InChI=1S/C45H46N2/c1-9-15-36(7)46(42(14-6)17-11-3)44-32-28-40(29-33-44)26-24-38-20-22-39(23-21-38)25-27-41-30-34-45(35-31-41)47(37(8)16-10-2)43(18-12-4)19-13-5/h9-35H,2-4,6-7H2,1,5,8H3/b15-9-,19-13-,26-24+,27-25+,37-16+,42-17+,43-18+. The molecule has 0 fully saturated rings. The number of benzene rings is 3. The summed E-state index contributed by atoms with van der Waals surface area (Å²) in [6.45, 7) is 25.9. The first-order valence-corrected chi connectivity index (χ1v) is 15.7. The molecule has 0 radical (unpaired) electrons. The van der Waals surface area contributed by atoms with E-state index in [1.165, 1.54) is 0 Å². The lowest BCUT2D eigenvalue weighted by Crippen LogP contribution is -2.19. The maximum Gasteiger partial charge on any atom is 0.0461 e. The molecule has 0 amide bonds. The van der Waals surface area contributed by atoms with E-state index in [9.17, 15) is 0 Å². The highest BCUT2D eigenvalue weighted by atomic mass is 15.2. The summed E-state index contributed by atoms with van der Waals surface area (Å²) in [6.07, 6.45) is 29.7. The predicted octanol–water partition coefficient (Wildman–Crippen LogP) is 12.7. The number of hydrogen-bond donors (Lipinski definition) is 0. The van der Waals surface area contributed by atoms with E-state index >= 15 is 0 Å². The van der Waals surface area contributed by atoms with Gasteiger partial charge in [-0.1, -0.05) is 136 Å². The number of rotatable bonds is 16. The van der Waals surface area contributed by atoms with Crippen molar-refractivity contribution in [3.63, 3.8) is 0 Å². The summed E-state index contributed by atoms with van der Waals surface area (Å²) in [7, 11) is 0. The SMILES string of the molecule is C=C/C=C(\C=C)N(C(=C)/C=C\C)c1ccc(/C=C/c2ccc(/C=C/c3ccc(N(/C(C)=C/C=C)C(/C=C\C)=C/C=C)cc3)cc2)cc1. The van der Waals surface area contributed by atoms with Gasteiger partial charge in [0.25, 0.3) is 0 Å². The molecule has 0 aromatic heterocycles. The van der Waals surface area contributed by atoms with Crippen LogP contribution in [-0.4, -0.2) is 0 Å². The van der Waals surface area contributed by atoms with Crippen LogP contribution >= 0.6 is 0 Å². The van der Waals surface area contributed by atoms with E-state index in [2.05, 4.69) is 153 Å². The molecule has 0 saturated carbocycles. The molecule has 0 atom stereocenters. The van der Waals surface area contributed by atoms with Gasteiger partial charge in [0.05, 0.1) is 0 Å². The van der Waals surface area contributed by atoms with Crippen molar-refractivity contribution in [3.8, 4) is 0 Å². The average Bonchev–Trinajstić information content (AvgIpc) is 3.08.